The van der Waals surface area contributed by atoms with Gasteiger partial charge in [0, 0.05) is 12.8 Å². The summed E-state index contributed by atoms with van der Waals surface area (Å²) in [4.78, 5) is 37.5. The van der Waals surface area contributed by atoms with E-state index in [0.29, 0.717) is 23.9 Å². The molecule has 2 N–H and O–H groups in total. The minimum Gasteiger partial charge on any atom is -0.456 e. The van der Waals surface area contributed by atoms with Gasteiger partial charge in [0.2, 0.25) is 5.91 Å². The van der Waals surface area contributed by atoms with Crippen molar-refractivity contribution in [1.82, 2.24) is 5.32 Å². The monoisotopic (exact) mass is 1000 g/mol. The summed E-state index contributed by atoms with van der Waals surface area (Å²) in [5.74, 6) is -0.582. The molecule has 0 aromatic rings. The van der Waals surface area contributed by atoms with Gasteiger partial charge in [-0.3, -0.25) is 18.6 Å². The highest BCUT2D eigenvalue weighted by Gasteiger charge is 2.30. The third kappa shape index (κ3) is 50.4. The Morgan fingerprint density at radius 1 is 0.500 bits per heavy atom. The lowest BCUT2D eigenvalue weighted by atomic mass is 10.1. The molecule has 0 aromatic heterocycles. The zero-order chi connectivity index (χ0) is 51.5. The molecular weight excluding hydrogens is 892 g/mol. The van der Waals surface area contributed by atoms with E-state index in [-0.39, 0.29) is 31.5 Å². The first-order chi connectivity index (χ1) is 33.9. The van der Waals surface area contributed by atoms with Crippen molar-refractivity contribution in [2.45, 2.75) is 258 Å². The number of unbranched alkanes of at least 4 members (excludes halogenated alkanes) is 25. The Kier molecular flexibility index (Phi) is 48.2. The molecule has 0 heterocycles. The number of esters is 1. The number of nitrogens with one attached hydrogen (secondary N) is 1. The molecule has 0 fully saturated rings. The molecule has 0 bridgehead atoms. The fourth-order valence-corrected chi connectivity index (χ4v) is 8.60. The van der Waals surface area contributed by atoms with Crippen LogP contribution in [0, 0.1) is 0 Å². The molecule has 9 nitrogen and oxygen atoms in total. The average molecular weight is 1000 g/mol. The Hall–Kier alpha value is -2.55. The van der Waals surface area contributed by atoms with Crippen molar-refractivity contribution in [1.29, 1.82) is 0 Å². The first-order valence-electron chi connectivity index (χ1n) is 28.8. The van der Waals surface area contributed by atoms with E-state index in [2.05, 4.69) is 86.8 Å². The summed E-state index contributed by atoms with van der Waals surface area (Å²) in [6.07, 6.45) is 63.3. The smallest absolute Gasteiger partial charge is 0.456 e. The fourth-order valence-electron chi connectivity index (χ4n) is 7.87. The predicted molar refractivity (Wildman–Crippen MR) is 300 cm³/mol. The third-order valence-corrected chi connectivity index (χ3v) is 13.4. The summed E-state index contributed by atoms with van der Waals surface area (Å²) < 4.78 is 30.5. The van der Waals surface area contributed by atoms with Crippen LogP contribution >= 0.6 is 7.82 Å². The number of carbonyl (C=O) groups is 2. The summed E-state index contributed by atoms with van der Waals surface area (Å²) in [5.41, 5.74) is 0. The second-order valence-corrected chi connectivity index (χ2v) is 21.9. The number of likely N-dealkylation sites (N-methyl/N-ethyl adjacent to an activating group) is 1. The maximum Gasteiger partial charge on any atom is 0.472 e. The number of allylic oxidation sites excluding steroid dienone is 11. The molecule has 0 saturated carbocycles. The highest BCUT2D eigenvalue weighted by molar-refractivity contribution is 7.47. The molecule has 0 radical (unpaired) electrons. The standard InChI is InChI=1S/C60H109N2O7P/c1-7-10-13-16-19-22-25-27-29-31-33-35-38-41-44-47-50-53-60(64)69-58(51-48-45-42-39-36-24-21-18-15-12-9-3)57(56-68-70(65,66)67-55-54-62(4,5)6)61-59(63)52-49-46-43-40-37-34-32-30-28-26-23-20-17-14-11-8-2/h19,22,27,29-30,32-33,35,41,44,48,51,57-58H,7-18,20-21,23-26,28,31,34,36-40,42-43,45-47,49-50,52-56H2,1-6H3,(H-,61,63,65,66)/p+1/b22-19-,29-27-,32-30+,35-33-,44-41-,51-48+. The molecule has 10 heteroatoms. The number of rotatable bonds is 51. The number of phosphoric ester groups is 1. The van der Waals surface area contributed by atoms with Gasteiger partial charge < -0.3 is 19.4 Å². The molecule has 70 heavy (non-hydrogen) atoms. The van der Waals surface area contributed by atoms with Crippen LogP contribution in [0.25, 0.3) is 0 Å². The molecule has 3 atom stereocenters. The van der Waals surface area contributed by atoms with Crippen molar-refractivity contribution in [2.24, 2.45) is 0 Å². The van der Waals surface area contributed by atoms with Gasteiger partial charge in [-0.05, 0) is 96.0 Å². The van der Waals surface area contributed by atoms with Crippen molar-refractivity contribution in [2.75, 3.05) is 40.9 Å². The van der Waals surface area contributed by atoms with Gasteiger partial charge in [0.25, 0.3) is 0 Å². The van der Waals surface area contributed by atoms with Gasteiger partial charge in [0.15, 0.2) is 0 Å². The van der Waals surface area contributed by atoms with Crippen molar-refractivity contribution >= 4 is 19.7 Å². The van der Waals surface area contributed by atoms with Crippen LogP contribution in [0.1, 0.15) is 245 Å². The Morgan fingerprint density at radius 3 is 1.37 bits per heavy atom. The number of quaternary nitrogens is 1. The van der Waals surface area contributed by atoms with Gasteiger partial charge >= 0.3 is 13.8 Å². The van der Waals surface area contributed by atoms with Crippen LogP contribution in [-0.4, -0.2) is 74.3 Å². The maximum atomic E-state index is 13.5. The van der Waals surface area contributed by atoms with E-state index in [1.165, 1.54) is 122 Å². The van der Waals surface area contributed by atoms with Crippen molar-refractivity contribution in [3.8, 4) is 0 Å². The summed E-state index contributed by atoms with van der Waals surface area (Å²) in [5, 5.41) is 3.03. The second-order valence-electron chi connectivity index (χ2n) is 20.5. The lowest BCUT2D eigenvalue weighted by Gasteiger charge is -2.27. The van der Waals surface area contributed by atoms with Crippen molar-refractivity contribution in [3.05, 3.63) is 72.9 Å². The summed E-state index contributed by atoms with van der Waals surface area (Å²) in [7, 11) is 1.46. The van der Waals surface area contributed by atoms with E-state index in [1.807, 2.05) is 33.3 Å². The molecule has 1 amide bonds. The molecule has 3 unspecified atom stereocenters. The second kappa shape index (κ2) is 50.0. The molecule has 0 aliphatic carbocycles. The Bertz CT molecular complexity index is 1430. The zero-order valence-corrected chi connectivity index (χ0v) is 47.1. The minimum absolute atomic E-state index is 0.0281. The summed E-state index contributed by atoms with van der Waals surface area (Å²) >= 11 is 0. The Labute approximate surface area is 432 Å². The highest BCUT2D eigenvalue weighted by Crippen LogP contribution is 2.43. The summed E-state index contributed by atoms with van der Waals surface area (Å²) in [6.45, 7) is 6.92. The highest BCUT2D eigenvalue weighted by atomic mass is 31.2. The predicted octanol–water partition coefficient (Wildman–Crippen LogP) is 17.3. The van der Waals surface area contributed by atoms with Gasteiger partial charge in [-0.2, -0.15) is 0 Å². The number of nitrogens with zero attached hydrogens (tertiary/aromatic N) is 1. The largest absolute Gasteiger partial charge is 0.472 e. The third-order valence-electron chi connectivity index (χ3n) is 12.4. The topological polar surface area (TPSA) is 111 Å². The molecule has 0 saturated heterocycles. The normalized spacial score (nSPS) is 14.3. The average Bonchev–Trinajstić information content (AvgIpc) is 3.32. The van der Waals surface area contributed by atoms with E-state index in [0.717, 1.165) is 83.5 Å². The molecule has 0 aromatic carbocycles. The number of hydrogen-bond donors (Lipinski definition) is 2. The van der Waals surface area contributed by atoms with E-state index in [4.69, 9.17) is 13.8 Å². The van der Waals surface area contributed by atoms with Crippen molar-refractivity contribution < 1.29 is 37.3 Å². The van der Waals surface area contributed by atoms with Gasteiger partial charge in [0.05, 0.1) is 33.8 Å². The van der Waals surface area contributed by atoms with Gasteiger partial charge in [0.1, 0.15) is 19.3 Å². The fraction of sp³-hybridized carbons (Fsp3) is 0.767. The maximum absolute atomic E-state index is 13.5. The molecule has 406 valence electrons. The minimum atomic E-state index is -4.46. The number of phosphoric acid groups is 1. The Balaban J connectivity index is 5.43. The number of hydrogen-bond acceptors (Lipinski definition) is 6. The van der Waals surface area contributed by atoms with E-state index < -0.39 is 20.0 Å². The van der Waals surface area contributed by atoms with E-state index in [1.54, 1.807) is 0 Å². The van der Waals surface area contributed by atoms with Gasteiger partial charge in [-0.15, -0.1) is 0 Å². The first-order valence-corrected chi connectivity index (χ1v) is 30.3. The van der Waals surface area contributed by atoms with Crippen LogP contribution < -0.4 is 5.32 Å². The molecule has 0 rings (SSSR count). The zero-order valence-electron chi connectivity index (χ0n) is 46.2. The van der Waals surface area contributed by atoms with Crippen LogP contribution in [0.5, 0.6) is 0 Å². The molecule has 0 spiro atoms. The van der Waals surface area contributed by atoms with Crippen molar-refractivity contribution in [3.63, 3.8) is 0 Å². The molecular formula is C60H110N2O7P+. The number of amides is 1. The first kappa shape index (κ1) is 67.5. The van der Waals surface area contributed by atoms with Crippen LogP contribution in [0.4, 0.5) is 0 Å². The quantitative estimate of drug-likeness (QED) is 0.0205. The Morgan fingerprint density at radius 2 is 0.886 bits per heavy atom. The van der Waals surface area contributed by atoms with E-state index >= 15 is 0 Å². The number of carbonyl (C=O) groups excluding carboxylic acids is 2. The van der Waals surface area contributed by atoms with Crippen LogP contribution in [0.3, 0.4) is 0 Å². The van der Waals surface area contributed by atoms with E-state index in [9.17, 15) is 19.0 Å². The lowest BCUT2D eigenvalue weighted by molar-refractivity contribution is -0.870. The van der Waals surface area contributed by atoms with Gasteiger partial charge in [-0.1, -0.05) is 210 Å². The lowest BCUT2D eigenvalue weighted by Crippen LogP contribution is -2.47. The summed E-state index contributed by atoms with van der Waals surface area (Å²) in [6, 6.07) is -0.875. The molecule has 0 aliphatic rings. The van der Waals surface area contributed by atoms with Gasteiger partial charge in [-0.25, -0.2) is 4.57 Å². The molecule has 0 aliphatic heterocycles. The number of ether oxygens (including phenoxy) is 1. The van der Waals surface area contributed by atoms with Crippen LogP contribution in [0.15, 0.2) is 72.9 Å². The SMILES string of the molecule is CCCCC/C=C\C/C=C\C/C=C\C/C=C\CCCC(=O)OC(/C=C/CCCCCCCCCCC)C(COP(=O)(O)OCC[N+](C)(C)C)NC(=O)CCCCCCC/C=C/CCCCCCCCC. The van der Waals surface area contributed by atoms with Crippen LogP contribution in [-0.2, 0) is 27.9 Å². The van der Waals surface area contributed by atoms with Crippen LogP contribution in [0.2, 0.25) is 0 Å².